The van der Waals surface area contributed by atoms with Gasteiger partial charge >= 0.3 is 6.09 Å². The summed E-state index contributed by atoms with van der Waals surface area (Å²) in [6.45, 7) is 3.24. The minimum absolute atomic E-state index is 0.357. The van der Waals surface area contributed by atoms with Gasteiger partial charge in [0.2, 0.25) is 0 Å². The summed E-state index contributed by atoms with van der Waals surface area (Å²) in [6, 6.07) is 0.529. The highest BCUT2D eigenvalue weighted by Gasteiger charge is 2.17. The van der Waals surface area contributed by atoms with Gasteiger partial charge in [-0.1, -0.05) is 0 Å². The van der Waals surface area contributed by atoms with E-state index in [1.165, 1.54) is 0 Å². The average molecular weight is 187 g/mol. The Kier molecular flexibility index (Phi) is 3.98. The number of nitrogens with two attached hydrogens (primary N) is 1. The first-order chi connectivity index (χ1) is 6.18. The van der Waals surface area contributed by atoms with E-state index in [0.29, 0.717) is 19.2 Å². The van der Waals surface area contributed by atoms with Crippen LogP contribution in [-0.4, -0.2) is 50.3 Å². The zero-order valence-corrected chi connectivity index (χ0v) is 7.95. The van der Waals surface area contributed by atoms with Gasteiger partial charge in [0.15, 0.2) is 0 Å². The second kappa shape index (κ2) is 5.04. The molecule has 1 atom stereocenters. The highest BCUT2D eigenvalue weighted by atomic mass is 16.5. The van der Waals surface area contributed by atoms with Crippen molar-refractivity contribution in [3.8, 4) is 0 Å². The highest BCUT2D eigenvalue weighted by molar-refractivity contribution is 5.64. The standard InChI is InChI=1S/C8H17N3O2/c1-11-4-2-7(6-11)10-3-5-13-8(9)12/h7,10H,2-6H2,1H3,(H2,9,12). The van der Waals surface area contributed by atoms with Crippen molar-refractivity contribution in [2.24, 2.45) is 5.73 Å². The van der Waals surface area contributed by atoms with Crippen LogP contribution in [0.3, 0.4) is 0 Å². The molecule has 1 aliphatic rings. The number of nitrogens with zero attached hydrogens (tertiary/aromatic N) is 1. The summed E-state index contributed by atoms with van der Waals surface area (Å²) in [6.07, 6.45) is 0.456. The van der Waals surface area contributed by atoms with E-state index in [1.54, 1.807) is 0 Å². The largest absolute Gasteiger partial charge is 0.448 e. The van der Waals surface area contributed by atoms with E-state index in [1.807, 2.05) is 0 Å². The molecule has 0 aromatic heterocycles. The Hall–Kier alpha value is -0.810. The molecule has 5 heteroatoms. The summed E-state index contributed by atoms with van der Waals surface area (Å²) in [5, 5.41) is 3.29. The lowest BCUT2D eigenvalue weighted by Gasteiger charge is -2.12. The molecule has 0 saturated carbocycles. The number of amides is 1. The van der Waals surface area contributed by atoms with Crippen molar-refractivity contribution in [1.29, 1.82) is 0 Å². The molecular formula is C8H17N3O2. The number of nitrogens with one attached hydrogen (secondary N) is 1. The number of carbonyl (C=O) groups is 1. The van der Waals surface area contributed by atoms with Crippen LogP contribution in [0.25, 0.3) is 0 Å². The molecule has 13 heavy (non-hydrogen) atoms. The predicted octanol–water partition coefficient (Wildman–Crippen LogP) is -0.625. The van der Waals surface area contributed by atoms with Crippen LogP contribution in [-0.2, 0) is 4.74 Å². The minimum atomic E-state index is -0.703. The Labute approximate surface area is 78.2 Å². The van der Waals surface area contributed by atoms with Crippen molar-refractivity contribution in [2.75, 3.05) is 33.3 Å². The molecule has 1 heterocycles. The van der Waals surface area contributed by atoms with E-state index in [4.69, 9.17) is 5.73 Å². The van der Waals surface area contributed by atoms with Crippen LogP contribution in [0.2, 0.25) is 0 Å². The van der Waals surface area contributed by atoms with Crippen LogP contribution < -0.4 is 11.1 Å². The Bertz CT molecular complexity index is 175. The van der Waals surface area contributed by atoms with Crippen molar-refractivity contribution in [1.82, 2.24) is 10.2 Å². The summed E-state index contributed by atoms with van der Waals surface area (Å²) in [4.78, 5) is 12.5. The summed E-state index contributed by atoms with van der Waals surface area (Å²) < 4.78 is 4.59. The van der Waals surface area contributed by atoms with Crippen LogP contribution in [0.1, 0.15) is 6.42 Å². The third-order valence-corrected chi connectivity index (χ3v) is 2.17. The summed E-state index contributed by atoms with van der Waals surface area (Å²) >= 11 is 0. The fraction of sp³-hybridized carbons (Fsp3) is 0.875. The van der Waals surface area contributed by atoms with Crippen molar-refractivity contribution in [3.63, 3.8) is 0 Å². The summed E-state index contributed by atoms with van der Waals surface area (Å²) in [5.41, 5.74) is 4.81. The lowest BCUT2D eigenvalue weighted by atomic mass is 10.3. The first-order valence-corrected chi connectivity index (χ1v) is 4.52. The SMILES string of the molecule is CN1CCC(NCCOC(N)=O)C1. The maximum absolute atomic E-state index is 10.2. The van der Waals surface area contributed by atoms with E-state index in [-0.39, 0.29) is 0 Å². The molecule has 0 radical (unpaired) electrons. The third kappa shape index (κ3) is 4.10. The lowest BCUT2D eigenvalue weighted by molar-refractivity contribution is 0.156. The number of likely N-dealkylation sites (tertiary alicyclic amines) is 1. The van der Waals surface area contributed by atoms with Crippen LogP contribution in [0.15, 0.2) is 0 Å². The molecule has 1 amide bonds. The Balaban J connectivity index is 1.97. The Morgan fingerprint density at radius 2 is 2.54 bits per heavy atom. The smallest absolute Gasteiger partial charge is 0.404 e. The molecule has 1 aliphatic heterocycles. The molecule has 0 spiro atoms. The van der Waals surface area contributed by atoms with Gasteiger partial charge < -0.3 is 20.7 Å². The Morgan fingerprint density at radius 1 is 1.77 bits per heavy atom. The van der Waals surface area contributed by atoms with E-state index in [9.17, 15) is 4.79 Å². The normalized spacial score (nSPS) is 23.3. The number of hydrogen-bond acceptors (Lipinski definition) is 4. The van der Waals surface area contributed by atoms with Crippen LogP contribution in [0, 0.1) is 0 Å². The van der Waals surface area contributed by atoms with E-state index < -0.39 is 6.09 Å². The van der Waals surface area contributed by atoms with Crippen LogP contribution >= 0.6 is 0 Å². The van der Waals surface area contributed by atoms with Crippen LogP contribution in [0.5, 0.6) is 0 Å². The number of carbonyl (C=O) groups excluding carboxylic acids is 1. The van der Waals surface area contributed by atoms with Gasteiger partial charge in [-0.05, 0) is 20.0 Å². The van der Waals surface area contributed by atoms with Crippen molar-refractivity contribution < 1.29 is 9.53 Å². The van der Waals surface area contributed by atoms with Crippen molar-refractivity contribution in [2.45, 2.75) is 12.5 Å². The second-order valence-electron chi connectivity index (χ2n) is 3.37. The molecule has 1 fully saturated rings. The second-order valence-corrected chi connectivity index (χ2v) is 3.37. The highest BCUT2D eigenvalue weighted by Crippen LogP contribution is 2.05. The molecule has 0 aromatic rings. The van der Waals surface area contributed by atoms with Crippen molar-refractivity contribution >= 4 is 6.09 Å². The number of ether oxygens (including phenoxy) is 1. The summed E-state index contributed by atoms with van der Waals surface area (Å²) in [7, 11) is 2.10. The quantitative estimate of drug-likeness (QED) is 0.575. The maximum atomic E-state index is 10.2. The summed E-state index contributed by atoms with van der Waals surface area (Å²) in [5.74, 6) is 0. The molecule has 1 saturated heterocycles. The van der Waals surface area contributed by atoms with E-state index in [0.717, 1.165) is 19.5 Å². The van der Waals surface area contributed by atoms with Crippen LogP contribution in [0.4, 0.5) is 4.79 Å². The number of rotatable bonds is 4. The lowest BCUT2D eigenvalue weighted by Crippen LogP contribution is -2.34. The van der Waals surface area contributed by atoms with Gasteiger partial charge in [-0.2, -0.15) is 0 Å². The minimum Gasteiger partial charge on any atom is -0.448 e. The zero-order valence-electron chi connectivity index (χ0n) is 7.95. The molecule has 0 bridgehead atoms. The fourth-order valence-corrected chi connectivity index (χ4v) is 1.52. The molecule has 0 aliphatic carbocycles. The van der Waals surface area contributed by atoms with E-state index >= 15 is 0 Å². The molecule has 0 aromatic carbocycles. The molecular weight excluding hydrogens is 170 g/mol. The number of hydrogen-bond donors (Lipinski definition) is 2. The third-order valence-electron chi connectivity index (χ3n) is 2.17. The van der Waals surface area contributed by atoms with Gasteiger partial charge in [0, 0.05) is 19.1 Å². The zero-order chi connectivity index (χ0) is 9.68. The maximum Gasteiger partial charge on any atom is 0.404 e. The van der Waals surface area contributed by atoms with Gasteiger partial charge in [-0.15, -0.1) is 0 Å². The van der Waals surface area contributed by atoms with Gasteiger partial charge in [0.1, 0.15) is 6.61 Å². The average Bonchev–Trinajstić information content (AvgIpc) is 2.45. The van der Waals surface area contributed by atoms with E-state index in [2.05, 4.69) is 22.0 Å². The van der Waals surface area contributed by atoms with Gasteiger partial charge in [0.25, 0.3) is 0 Å². The monoisotopic (exact) mass is 187 g/mol. The molecule has 3 N–H and O–H groups in total. The van der Waals surface area contributed by atoms with Gasteiger partial charge in [-0.3, -0.25) is 0 Å². The molecule has 5 nitrogen and oxygen atoms in total. The van der Waals surface area contributed by atoms with Crippen molar-refractivity contribution in [3.05, 3.63) is 0 Å². The van der Waals surface area contributed by atoms with Gasteiger partial charge in [-0.25, -0.2) is 4.79 Å². The van der Waals surface area contributed by atoms with Gasteiger partial charge in [0.05, 0.1) is 0 Å². The first-order valence-electron chi connectivity index (χ1n) is 4.52. The first kappa shape index (κ1) is 10.3. The predicted molar refractivity (Wildman–Crippen MR) is 49.4 cm³/mol. The number of primary amides is 1. The topological polar surface area (TPSA) is 67.6 Å². The molecule has 76 valence electrons. The molecule has 1 rings (SSSR count). The molecule has 1 unspecified atom stereocenters. The Morgan fingerprint density at radius 3 is 3.08 bits per heavy atom. The fourth-order valence-electron chi connectivity index (χ4n) is 1.52. The number of likely N-dealkylation sites (N-methyl/N-ethyl adjacent to an activating group) is 1.